The molecule has 1 nitrogen and oxygen atoms in total. The average Bonchev–Trinajstić information content (AvgIpc) is 3.83. The molecule has 0 unspecified atom stereocenters. The summed E-state index contributed by atoms with van der Waals surface area (Å²) in [6.07, 6.45) is 0. The zero-order valence-electron chi connectivity index (χ0n) is 30.6. The molecule has 11 rings (SSSR count). The summed E-state index contributed by atoms with van der Waals surface area (Å²) in [5.41, 5.74) is 15.9. The van der Waals surface area contributed by atoms with Crippen molar-refractivity contribution in [3.63, 3.8) is 0 Å². The molecular formula is C54H35NSe. The van der Waals surface area contributed by atoms with Crippen molar-refractivity contribution in [2.24, 2.45) is 0 Å². The van der Waals surface area contributed by atoms with Crippen molar-refractivity contribution in [1.29, 1.82) is 0 Å². The number of hydrogen-bond acceptors (Lipinski definition) is 0. The van der Waals surface area contributed by atoms with Crippen molar-refractivity contribution in [1.82, 2.24) is 4.57 Å². The Morgan fingerprint density at radius 2 is 0.786 bits per heavy atom. The number of para-hydroxylation sites is 1. The Morgan fingerprint density at radius 1 is 0.286 bits per heavy atom. The van der Waals surface area contributed by atoms with Gasteiger partial charge in [0.25, 0.3) is 0 Å². The average molecular weight is 777 g/mol. The normalized spacial score (nSPS) is 11.6. The van der Waals surface area contributed by atoms with Gasteiger partial charge in [0.15, 0.2) is 0 Å². The van der Waals surface area contributed by atoms with E-state index in [9.17, 15) is 0 Å². The first kappa shape index (κ1) is 32.7. The summed E-state index contributed by atoms with van der Waals surface area (Å²) in [7, 11) is 0. The molecule has 0 aliphatic rings. The van der Waals surface area contributed by atoms with Gasteiger partial charge in [-0.1, -0.05) is 48.5 Å². The quantitative estimate of drug-likeness (QED) is 0.148. The molecule has 0 spiro atoms. The minimum absolute atomic E-state index is 0.246. The first-order valence-electron chi connectivity index (χ1n) is 19.2. The van der Waals surface area contributed by atoms with Crippen molar-refractivity contribution in [3.05, 3.63) is 212 Å². The van der Waals surface area contributed by atoms with Crippen LogP contribution >= 0.6 is 0 Å². The van der Waals surface area contributed by atoms with Gasteiger partial charge in [0, 0.05) is 0 Å². The second-order valence-corrected chi connectivity index (χ2v) is 16.7. The van der Waals surface area contributed by atoms with Crippen molar-refractivity contribution in [3.8, 4) is 61.3 Å². The van der Waals surface area contributed by atoms with E-state index in [4.69, 9.17) is 0 Å². The van der Waals surface area contributed by atoms with E-state index in [1.807, 2.05) is 0 Å². The van der Waals surface area contributed by atoms with Crippen LogP contribution in [-0.4, -0.2) is 19.1 Å². The van der Waals surface area contributed by atoms with E-state index in [1.165, 1.54) is 96.7 Å². The van der Waals surface area contributed by atoms with Crippen molar-refractivity contribution in [2.45, 2.75) is 0 Å². The Kier molecular flexibility index (Phi) is 7.91. The summed E-state index contributed by atoms with van der Waals surface area (Å²) < 4.78 is 5.35. The first-order valence-corrected chi connectivity index (χ1v) is 20.9. The second kappa shape index (κ2) is 13.6. The van der Waals surface area contributed by atoms with Crippen LogP contribution in [0.3, 0.4) is 0 Å². The van der Waals surface area contributed by atoms with Gasteiger partial charge in [-0.3, -0.25) is 0 Å². The molecule has 2 heteroatoms. The fraction of sp³-hybridized carbons (Fsp3) is 0. The van der Waals surface area contributed by atoms with Crippen LogP contribution < -0.4 is 0 Å². The van der Waals surface area contributed by atoms with Crippen LogP contribution in [0.5, 0.6) is 0 Å². The predicted molar refractivity (Wildman–Crippen MR) is 240 cm³/mol. The monoisotopic (exact) mass is 777 g/mol. The molecule has 0 radical (unpaired) electrons. The van der Waals surface area contributed by atoms with Crippen molar-refractivity contribution < 1.29 is 0 Å². The van der Waals surface area contributed by atoms with E-state index in [1.54, 1.807) is 0 Å². The number of hydrogen-bond donors (Lipinski definition) is 0. The molecule has 0 N–H and O–H groups in total. The Bertz CT molecular complexity index is 3210. The van der Waals surface area contributed by atoms with E-state index in [-0.39, 0.29) is 14.5 Å². The Labute approximate surface area is 332 Å². The number of rotatable bonds is 6. The van der Waals surface area contributed by atoms with E-state index < -0.39 is 0 Å². The number of fused-ring (bicyclic) bond motifs is 6. The molecule has 0 fully saturated rings. The predicted octanol–water partition coefficient (Wildman–Crippen LogP) is 14.5. The standard InChI is InChI=1S/C54H35NSe/c1-3-12-36(13-4-1)38-22-24-40(25-23-38)42-32-43(34-44(33-42)46-18-11-19-49-48-17-8-10-21-53(48)56-54(46)49)41-28-31-52-50(35-41)47-16-7-9-20-51(47)55(52)45-29-26-39(27-30-45)37-14-5-2-6-15-37/h1-35H. The SMILES string of the molecule is c1ccc(-c2ccc(-c3cc(-c4ccc5c(c4)c4ccccc4n5-c4ccc(-c5ccccc5)cc4)cc(-c4cccc5c4[se]c4ccccc45)c3)cc2)cc1. The zero-order chi connectivity index (χ0) is 37.0. The first-order chi connectivity index (χ1) is 27.7. The topological polar surface area (TPSA) is 4.93 Å². The van der Waals surface area contributed by atoms with Crippen molar-refractivity contribution in [2.75, 3.05) is 0 Å². The molecule has 2 aromatic heterocycles. The van der Waals surface area contributed by atoms with Gasteiger partial charge in [-0.15, -0.1) is 0 Å². The van der Waals surface area contributed by atoms with Crippen LogP contribution in [0.25, 0.3) is 102 Å². The molecule has 0 amide bonds. The molecule has 9 aromatic carbocycles. The van der Waals surface area contributed by atoms with Gasteiger partial charge in [-0.2, -0.15) is 0 Å². The number of benzene rings is 9. The van der Waals surface area contributed by atoms with Gasteiger partial charge in [0.05, 0.1) is 0 Å². The van der Waals surface area contributed by atoms with Gasteiger partial charge < -0.3 is 0 Å². The summed E-state index contributed by atoms with van der Waals surface area (Å²) in [5, 5.41) is 5.27. The molecule has 0 aliphatic carbocycles. The summed E-state index contributed by atoms with van der Waals surface area (Å²) >= 11 is 0.246. The van der Waals surface area contributed by atoms with Gasteiger partial charge in [-0.25, -0.2) is 0 Å². The van der Waals surface area contributed by atoms with Crippen LogP contribution in [-0.2, 0) is 0 Å². The Balaban J connectivity index is 1.08. The summed E-state index contributed by atoms with van der Waals surface area (Å²) in [5.74, 6) is 0. The molecule has 0 saturated carbocycles. The van der Waals surface area contributed by atoms with E-state index >= 15 is 0 Å². The third-order valence-corrected chi connectivity index (χ3v) is 13.8. The summed E-state index contributed by atoms with van der Waals surface area (Å²) in [6.45, 7) is 0. The van der Waals surface area contributed by atoms with Gasteiger partial charge in [-0.05, 0) is 11.1 Å². The van der Waals surface area contributed by atoms with Gasteiger partial charge >= 0.3 is 274 Å². The number of aromatic nitrogens is 1. The summed E-state index contributed by atoms with van der Waals surface area (Å²) in [4.78, 5) is 0. The van der Waals surface area contributed by atoms with E-state index in [0.29, 0.717) is 0 Å². The molecule has 56 heavy (non-hydrogen) atoms. The minimum atomic E-state index is 0.246. The van der Waals surface area contributed by atoms with Crippen LogP contribution in [0, 0.1) is 0 Å². The number of nitrogens with zero attached hydrogens (tertiary/aromatic N) is 1. The Hall–Kier alpha value is -6.70. The molecule has 0 bridgehead atoms. The molecule has 0 saturated heterocycles. The third kappa shape index (κ3) is 5.62. The molecule has 262 valence electrons. The van der Waals surface area contributed by atoms with Crippen molar-refractivity contribution >= 4 is 55.6 Å². The Morgan fingerprint density at radius 3 is 1.50 bits per heavy atom. The second-order valence-electron chi connectivity index (χ2n) is 14.5. The van der Waals surface area contributed by atoms with Gasteiger partial charge in [0.1, 0.15) is 0 Å². The van der Waals surface area contributed by atoms with Gasteiger partial charge in [0.2, 0.25) is 0 Å². The molecule has 11 aromatic rings. The molecular weight excluding hydrogens is 742 g/mol. The fourth-order valence-corrected chi connectivity index (χ4v) is 11.0. The van der Waals surface area contributed by atoms with Crippen LogP contribution in [0.15, 0.2) is 212 Å². The maximum absolute atomic E-state index is 2.42. The summed E-state index contributed by atoms with van der Waals surface area (Å²) in [6, 6.07) is 78.1. The molecule has 2 heterocycles. The molecule has 0 atom stereocenters. The van der Waals surface area contributed by atoms with Crippen LogP contribution in [0.2, 0.25) is 0 Å². The molecule has 0 aliphatic heterocycles. The maximum atomic E-state index is 2.42. The van der Waals surface area contributed by atoms with E-state index in [2.05, 4.69) is 217 Å². The van der Waals surface area contributed by atoms with Crippen LogP contribution in [0.1, 0.15) is 0 Å². The van der Waals surface area contributed by atoms with E-state index in [0.717, 1.165) is 5.69 Å². The zero-order valence-corrected chi connectivity index (χ0v) is 32.3. The third-order valence-electron chi connectivity index (χ3n) is 11.2. The fourth-order valence-electron chi connectivity index (χ4n) is 8.44. The van der Waals surface area contributed by atoms with Crippen LogP contribution in [0.4, 0.5) is 0 Å².